The molecular formula is C7H16O3. The van der Waals surface area contributed by atoms with Crippen molar-refractivity contribution in [2.45, 2.75) is 32.0 Å². The van der Waals surface area contributed by atoms with Crippen molar-refractivity contribution in [2.75, 3.05) is 13.7 Å². The minimum absolute atomic E-state index is 0.476. The number of hydrogen-bond acceptors (Lipinski definition) is 3. The molecule has 0 aliphatic carbocycles. The van der Waals surface area contributed by atoms with Gasteiger partial charge in [0.25, 0.3) is 0 Å². The summed E-state index contributed by atoms with van der Waals surface area (Å²) in [6.07, 6.45) is 2.21. The molecule has 0 amide bonds. The largest absolute Gasteiger partial charge is 0.385 e. The van der Waals surface area contributed by atoms with Crippen molar-refractivity contribution < 1.29 is 14.9 Å². The van der Waals surface area contributed by atoms with Crippen LogP contribution in [0.5, 0.6) is 0 Å². The smallest absolute Gasteiger partial charge is 0.151 e. The molecule has 0 fully saturated rings. The number of aliphatic hydroxyl groups excluding tert-OH is 1. The summed E-state index contributed by atoms with van der Waals surface area (Å²) in [5, 5.41) is 16.9. The molecule has 0 unspecified atom stereocenters. The lowest BCUT2D eigenvalue weighted by molar-refractivity contribution is -0.0467. The topological polar surface area (TPSA) is 49.7 Å². The second-order valence-electron chi connectivity index (χ2n) is 2.32. The zero-order chi connectivity index (χ0) is 7.82. The van der Waals surface area contributed by atoms with E-state index in [0.29, 0.717) is 6.42 Å². The zero-order valence-corrected chi connectivity index (χ0v) is 6.42. The fraction of sp³-hybridized carbons (Fsp3) is 1.00. The van der Waals surface area contributed by atoms with Crippen molar-refractivity contribution in [3.8, 4) is 0 Å². The quantitative estimate of drug-likeness (QED) is 0.426. The van der Waals surface area contributed by atoms with Gasteiger partial charge in [0.05, 0.1) is 0 Å². The lowest BCUT2D eigenvalue weighted by Gasteiger charge is -2.01. The number of ether oxygens (including phenoxy) is 1. The number of rotatable bonds is 6. The van der Waals surface area contributed by atoms with Crippen LogP contribution >= 0.6 is 0 Å². The molecule has 0 aromatic rings. The summed E-state index contributed by atoms with van der Waals surface area (Å²) in [7, 11) is 1.67. The first-order valence-corrected chi connectivity index (χ1v) is 3.62. The van der Waals surface area contributed by atoms with Gasteiger partial charge in [-0.3, -0.25) is 0 Å². The third-order valence-corrected chi connectivity index (χ3v) is 1.31. The van der Waals surface area contributed by atoms with Crippen LogP contribution in [0.2, 0.25) is 0 Å². The predicted molar refractivity (Wildman–Crippen MR) is 38.6 cm³/mol. The van der Waals surface area contributed by atoms with Gasteiger partial charge in [-0.25, -0.2) is 0 Å². The first-order valence-electron chi connectivity index (χ1n) is 3.62. The molecule has 0 aromatic heterocycles. The second-order valence-corrected chi connectivity index (χ2v) is 2.32. The fourth-order valence-corrected chi connectivity index (χ4v) is 0.750. The van der Waals surface area contributed by atoms with Gasteiger partial charge >= 0.3 is 0 Å². The van der Waals surface area contributed by atoms with Crippen LogP contribution in [0.1, 0.15) is 25.7 Å². The van der Waals surface area contributed by atoms with E-state index in [2.05, 4.69) is 0 Å². The van der Waals surface area contributed by atoms with Gasteiger partial charge in [0, 0.05) is 13.7 Å². The molecule has 0 aromatic carbocycles. The van der Waals surface area contributed by atoms with Crippen LogP contribution in [0.3, 0.4) is 0 Å². The molecule has 0 saturated heterocycles. The summed E-state index contributed by atoms with van der Waals surface area (Å²) in [6.45, 7) is 0.765. The average molecular weight is 148 g/mol. The minimum Gasteiger partial charge on any atom is -0.385 e. The summed E-state index contributed by atoms with van der Waals surface area (Å²) < 4.78 is 4.82. The van der Waals surface area contributed by atoms with Crippen molar-refractivity contribution >= 4 is 0 Å². The van der Waals surface area contributed by atoms with Crippen molar-refractivity contribution in [1.29, 1.82) is 0 Å². The third-order valence-electron chi connectivity index (χ3n) is 1.31. The van der Waals surface area contributed by atoms with Crippen LogP contribution in [-0.4, -0.2) is 30.2 Å². The highest BCUT2D eigenvalue weighted by molar-refractivity contribution is 4.43. The van der Waals surface area contributed by atoms with Crippen LogP contribution in [0.25, 0.3) is 0 Å². The van der Waals surface area contributed by atoms with Gasteiger partial charge in [-0.05, 0) is 19.3 Å². The summed E-state index contributed by atoms with van der Waals surface area (Å²) in [5.41, 5.74) is 0. The molecule has 0 heterocycles. The average Bonchev–Trinajstić information content (AvgIpc) is 1.87. The van der Waals surface area contributed by atoms with E-state index in [1.807, 2.05) is 0 Å². The van der Waals surface area contributed by atoms with E-state index in [4.69, 9.17) is 14.9 Å². The van der Waals surface area contributed by atoms with E-state index >= 15 is 0 Å². The Hall–Kier alpha value is -0.120. The van der Waals surface area contributed by atoms with Crippen molar-refractivity contribution in [3.05, 3.63) is 0 Å². The van der Waals surface area contributed by atoms with Crippen LogP contribution in [-0.2, 0) is 4.74 Å². The van der Waals surface area contributed by atoms with Crippen molar-refractivity contribution in [3.63, 3.8) is 0 Å². The molecule has 0 aliphatic rings. The summed E-state index contributed by atoms with van der Waals surface area (Å²) in [4.78, 5) is 0. The molecule has 0 saturated carbocycles. The lowest BCUT2D eigenvalue weighted by atomic mass is 10.2. The highest BCUT2D eigenvalue weighted by Gasteiger charge is 1.95. The monoisotopic (exact) mass is 148 g/mol. The maximum Gasteiger partial charge on any atom is 0.151 e. The van der Waals surface area contributed by atoms with E-state index in [1.54, 1.807) is 7.11 Å². The van der Waals surface area contributed by atoms with Crippen LogP contribution in [0.4, 0.5) is 0 Å². The first kappa shape index (κ1) is 9.88. The lowest BCUT2D eigenvalue weighted by Crippen LogP contribution is -2.03. The Labute approximate surface area is 61.6 Å². The van der Waals surface area contributed by atoms with E-state index < -0.39 is 6.29 Å². The van der Waals surface area contributed by atoms with Crippen molar-refractivity contribution in [1.82, 2.24) is 0 Å². The van der Waals surface area contributed by atoms with E-state index in [0.717, 1.165) is 25.9 Å². The second kappa shape index (κ2) is 6.99. The van der Waals surface area contributed by atoms with Crippen LogP contribution in [0.15, 0.2) is 0 Å². The van der Waals surface area contributed by atoms with Gasteiger partial charge in [0.1, 0.15) is 0 Å². The first-order chi connectivity index (χ1) is 4.77. The van der Waals surface area contributed by atoms with Gasteiger partial charge in [-0.1, -0.05) is 6.42 Å². The molecule has 62 valence electrons. The Morgan fingerprint density at radius 1 is 1.20 bits per heavy atom. The summed E-state index contributed by atoms with van der Waals surface area (Å²) >= 11 is 0. The summed E-state index contributed by atoms with van der Waals surface area (Å²) in [5.74, 6) is 0. The van der Waals surface area contributed by atoms with E-state index in [1.165, 1.54) is 0 Å². The molecule has 0 atom stereocenters. The van der Waals surface area contributed by atoms with Gasteiger partial charge in [-0.15, -0.1) is 0 Å². The Morgan fingerprint density at radius 2 is 1.90 bits per heavy atom. The van der Waals surface area contributed by atoms with Crippen LogP contribution < -0.4 is 0 Å². The van der Waals surface area contributed by atoms with Crippen molar-refractivity contribution in [2.24, 2.45) is 0 Å². The van der Waals surface area contributed by atoms with Gasteiger partial charge in [0.2, 0.25) is 0 Å². The fourth-order valence-electron chi connectivity index (χ4n) is 0.750. The van der Waals surface area contributed by atoms with Gasteiger partial charge in [0.15, 0.2) is 6.29 Å². The minimum atomic E-state index is -1.14. The van der Waals surface area contributed by atoms with E-state index in [-0.39, 0.29) is 0 Å². The third kappa shape index (κ3) is 7.88. The molecule has 10 heavy (non-hydrogen) atoms. The number of hydrogen-bond donors (Lipinski definition) is 2. The standard InChI is InChI=1S/C7H16O3/c1-10-6-4-2-3-5-7(8)9/h7-9H,2-6H2,1H3. The molecule has 3 heteroatoms. The Balaban J connectivity index is 2.77. The maximum absolute atomic E-state index is 8.43. The number of unbranched alkanes of at least 4 members (excludes halogenated alkanes) is 2. The SMILES string of the molecule is COCCCCCC(O)O. The molecule has 0 spiro atoms. The molecule has 0 rings (SSSR count). The van der Waals surface area contributed by atoms with Gasteiger partial charge in [-0.2, -0.15) is 0 Å². The zero-order valence-electron chi connectivity index (χ0n) is 6.42. The Morgan fingerprint density at radius 3 is 2.40 bits per heavy atom. The molecule has 0 bridgehead atoms. The molecule has 2 N–H and O–H groups in total. The Bertz CT molecular complexity index is 63.9. The van der Waals surface area contributed by atoms with Gasteiger partial charge < -0.3 is 14.9 Å². The number of methoxy groups -OCH3 is 1. The maximum atomic E-state index is 8.43. The number of aliphatic hydroxyl groups is 2. The molecular weight excluding hydrogens is 132 g/mol. The normalized spacial score (nSPS) is 10.8. The molecule has 0 aliphatic heterocycles. The highest BCUT2D eigenvalue weighted by atomic mass is 16.5. The Kier molecular flexibility index (Phi) is 6.91. The highest BCUT2D eigenvalue weighted by Crippen LogP contribution is 2.01. The van der Waals surface area contributed by atoms with Crippen LogP contribution in [0, 0.1) is 0 Å². The molecule has 3 nitrogen and oxygen atoms in total. The molecule has 0 radical (unpaired) electrons. The predicted octanol–water partition coefficient (Wildman–Crippen LogP) is 0.504. The summed E-state index contributed by atoms with van der Waals surface area (Å²) in [6, 6.07) is 0. The van der Waals surface area contributed by atoms with E-state index in [9.17, 15) is 0 Å².